The lowest BCUT2D eigenvalue weighted by Gasteiger charge is -2.26. The molecule has 22 heavy (non-hydrogen) atoms. The molecule has 1 aromatic heterocycles. The van der Waals surface area contributed by atoms with Crippen LogP contribution >= 0.6 is 0 Å². The fourth-order valence-corrected chi connectivity index (χ4v) is 2.19. The van der Waals surface area contributed by atoms with Crippen LogP contribution in [0.4, 0.5) is 5.82 Å². The number of para-hydroxylation sites is 2. The maximum absolute atomic E-state index is 11.9. The highest BCUT2D eigenvalue weighted by Crippen LogP contribution is 2.31. The molecular formula is C16H16N2O4. The van der Waals surface area contributed by atoms with E-state index in [1.54, 1.807) is 6.07 Å². The zero-order chi connectivity index (χ0) is 15.4. The molecule has 2 N–H and O–H groups in total. The van der Waals surface area contributed by atoms with Gasteiger partial charge in [0.2, 0.25) is 5.91 Å². The molecule has 0 bridgehead atoms. The van der Waals surface area contributed by atoms with Gasteiger partial charge in [0, 0.05) is 12.6 Å². The van der Waals surface area contributed by atoms with Crippen LogP contribution in [-0.4, -0.2) is 28.7 Å². The molecule has 0 saturated carbocycles. The average molecular weight is 300 g/mol. The predicted molar refractivity (Wildman–Crippen MR) is 80.1 cm³/mol. The summed E-state index contributed by atoms with van der Waals surface area (Å²) in [7, 11) is 0. The van der Waals surface area contributed by atoms with Gasteiger partial charge in [0.1, 0.15) is 12.7 Å². The van der Waals surface area contributed by atoms with Crippen LogP contribution in [0.25, 0.3) is 0 Å². The minimum absolute atomic E-state index is 0.0537. The number of rotatable bonds is 4. The summed E-state index contributed by atoms with van der Waals surface area (Å²) < 4.78 is 11.4. The predicted octanol–water partition coefficient (Wildman–Crippen LogP) is 2.35. The van der Waals surface area contributed by atoms with Crippen LogP contribution in [-0.2, 0) is 4.79 Å². The monoisotopic (exact) mass is 300 g/mol. The van der Waals surface area contributed by atoms with Crippen LogP contribution in [0.1, 0.15) is 12.8 Å². The minimum Gasteiger partial charge on any atom is -0.504 e. The van der Waals surface area contributed by atoms with Gasteiger partial charge in [-0.1, -0.05) is 12.1 Å². The molecule has 0 saturated heterocycles. The van der Waals surface area contributed by atoms with Crippen LogP contribution in [0.5, 0.6) is 17.2 Å². The third kappa shape index (κ3) is 3.28. The van der Waals surface area contributed by atoms with Gasteiger partial charge in [0.15, 0.2) is 23.1 Å². The molecule has 2 aromatic rings. The van der Waals surface area contributed by atoms with E-state index in [-0.39, 0.29) is 30.0 Å². The number of carbonyl (C=O) groups is 1. The molecule has 6 heteroatoms. The number of hydrogen-bond donors (Lipinski definition) is 2. The summed E-state index contributed by atoms with van der Waals surface area (Å²) in [6, 6.07) is 10.5. The third-order valence-electron chi connectivity index (χ3n) is 3.31. The number of aromatic hydroxyl groups is 1. The number of aromatic nitrogens is 1. The van der Waals surface area contributed by atoms with Gasteiger partial charge in [0.05, 0.1) is 0 Å². The van der Waals surface area contributed by atoms with Crippen molar-refractivity contribution in [2.24, 2.45) is 0 Å². The molecule has 1 atom stereocenters. The lowest BCUT2D eigenvalue weighted by Crippen LogP contribution is -2.30. The molecule has 3 rings (SSSR count). The second-order valence-corrected chi connectivity index (χ2v) is 4.96. The normalized spacial score (nSPS) is 16.1. The Morgan fingerprint density at radius 2 is 2.09 bits per heavy atom. The smallest absolute Gasteiger partial charge is 0.225 e. The maximum Gasteiger partial charge on any atom is 0.225 e. The summed E-state index contributed by atoms with van der Waals surface area (Å²) in [5, 5.41) is 12.1. The molecule has 1 aliphatic heterocycles. The molecule has 6 nitrogen and oxygen atoms in total. The lowest BCUT2D eigenvalue weighted by molar-refractivity contribution is -0.116. The number of nitrogens with zero attached hydrogens (tertiary/aromatic N) is 1. The van der Waals surface area contributed by atoms with E-state index in [2.05, 4.69) is 10.3 Å². The number of anilines is 1. The van der Waals surface area contributed by atoms with Crippen molar-refractivity contribution in [3.05, 3.63) is 42.6 Å². The molecular weight excluding hydrogens is 284 g/mol. The van der Waals surface area contributed by atoms with Crippen molar-refractivity contribution in [3.63, 3.8) is 0 Å². The van der Waals surface area contributed by atoms with Crippen LogP contribution in [0.3, 0.4) is 0 Å². The highest BCUT2D eigenvalue weighted by molar-refractivity contribution is 5.90. The number of benzene rings is 1. The molecule has 1 amide bonds. The van der Waals surface area contributed by atoms with Gasteiger partial charge in [0.25, 0.3) is 0 Å². The first-order valence-electron chi connectivity index (χ1n) is 7.04. The quantitative estimate of drug-likeness (QED) is 0.906. The summed E-state index contributed by atoms with van der Waals surface area (Å²) in [4.78, 5) is 15.8. The van der Waals surface area contributed by atoms with Crippen molar-refractivity contribution in [1.82, 2.24) is 4.98 Å². The van der Waals surface area contributed by atoms with Crippen molar-refractivity contribution in [2.75, 3.05) is 11.9 Å². The van der Waals surface area contributed by atoms with Crippen LogP contribution in [0.2, 0.25) is 0 Å². The van der Waals surface area contributed by atoms with E-state index >= 15 is 0 Å². The Kier molecular flexibility index (Phi) is 4.09. The number of pyridine rings is 1. The van der Waals surface area contributed by atoms with Gasteiger partial charge in [-0.3, -0.25) is 4.79 Å². The summed E-state index contributed by atoms with van der Waals surface area (Å²) in [6.45, 7) is 0.416. The van der Waals surface area contributed by atoms with E-state index < -0.39 is 0 Å². The van der Waals surface area contributed by atoms with E-state index in [0.717, 1.165) is 5.75 Å². The first-order valence-corrected chi connectivity index (χ1v) is 7.04. The molecule has 1 aromatic carbocycles. The summed E-state index contributed by atoms with van der Waals surface area (Å²) in [5.41, 5.74) is 0. The lowest BCUT2D eigenvalue weighted by atomic mass is 10.1. The number of ether oxygens (including phenoxy) is 2. The van der Waals surface area contributed by atoms with Gasteiger partial charge < -0.3 is 19.9 Å². The van der Waals surface area contributed by atoms with Gasteiger partial charge in [-0.2, -0.15) is 0 Å². The van der Waals surface area contributed by atoms with Crippen LogP contribution in [0.15, 0.2) is 42.6 Å². The SMILES string of the molecule is O=C(CC[C@H]1COc2ccccc2O1)Nc1ncccc1O. The molecule has 0 radical (unpaired) electrons. The molecule has 0 aliphatic carbocycles. The largest absolute Gasteiger partial charge is 0.504 e. The number of carbonyl (C=O) groups excluding carboxylic acids is 1. The Hall–Kier alpha value is -2.76. The highest BCUT2D eigenvalue weighted by atomic mass is 16.6. The zero-order valence-electron chi connectivity index (χ0n) is 11.9. The molecule has 114 valence electrons. The summed E-state index contributed by atoms with van der Waals surface area (Å²) in [5.74, 6) is 1.31. The van der Waals surface area contributed by atoms with Gasteiger partial charge in [-0.15, -0.1) is 0 Å². The Morgan fingerprint density at radius 1 is 1.27 bits per heavy atom. The summed E-state index contributed by atoms with van der Waals surface area (Å²) >= 11 is 0. The fraction of sp³-hybridized carbons (Fsp3) is 0.250. The van der Waals surface area contributed by atoms with Crippen molar-refractivity contribution >= 4 is 11.7 Å². The summed E-state index contributed by atoms with van der Waals surface area (Å²) in [6.07, 6.45) is 2.11. The maximum atomic E-state index is 11.9. The Labute approximate surface area is 127 Å². The number of hydrogen-bond acceptors (Lipinski definition) is 5. The van der Waals surface area contributed by atoms with Gasteiger partial charge >= 0.3 is 0 Å². The highest BCUT2D eigenvalue weighted by Gasteiger charge is 2.21. The fourth-order valence-electron chi connectivity index (χ4n) is 2.19. The van der Waals surface area contributed by atoms with Crippen molar-refractivity contribution < 1.29 is 19.4 Å². The first-order chi connectivity index (χ1) is 10.7. The Morgan fingerprint density at radius 3 is 2.91 bits per heavy atom. The van der Waals surface area contributed by atoms with Crippen LogP contribution in [0, 0.1) is 0 Å². The standard InChI is InChI=1S/C16H16N2O4/c19-12-4-3-9-17-16(12)18-15(20)8-7-11-10-21-13-5-1-2-6-14(13)22-11/h1-6,9,11,19H,7-8,10H2,(H,17,18,20)/t11-/m0/s1. The van der Waals surface area contributed by atoms with E-state index in [0.29, 0.717) is 18.8 Å². The topological polar surface area (TPSA) is 80.7 Å². The zero-order valence-corrected chi connectivity index (χ0v) is 11.9. The van der Waals surface area contributed by atoms with Crippen molar-refractivity contribution in [1.29, 1.82) is 0 Å². The Bertz CT molecular complexity index is 675. The van der Waals surface area contributed by atoms with E-state index in [1.165, 1.54) is 12.3 Å². The minimum atomic E-state index is -0.226. The number of nitrogens with one attached hydrogen (secondary N) is 1. The number of fused-ring (bicyclic) bond motifs is 1. The Balaban J connectivity index is 1.51. The third-order valence-corrected chi connectivity index (χ3v) is 3.31. The molecule has 0 spiro atoms. The van der Waals surface area contributed by atoms with Crippen LogP contribution < -0.4 is 14.8 Å². The number of amides is 1. The second-order valence-electron chi connectivity index (χ2n) is 4.96. The average Bonchev–Trinajstić information content (AvgIpc) is 2.55. The van der Waals surface area contributed by atoms with E-state index in [1.807, 2.05) is 24.3 Å². The van der Waals surface area contributed by atoms with Gasteiger partial charge in [-0.25, -0.2) is 4.98 Å². The first kappa shape index (κ1) is 14.2. The molecule has 0 fully saturated rings. The van der Waals surface area contributed by atoms with E-state index in [9.17, 15) is 9.90 Å². The molecule has 0 unspecified atom stereocenters. The van der Waals surface area contributed by atoms with E-state index in [4.69, 9.17) is 9.47 Å². The molecule has 2 heterocycles. The molecule has 1 aliphatic rings. The van der Waals surface area contributed by atoms with Crippen molar-refractivity contribution in [3.8, 4) is 17.2 Å². The van der Waals surface area contributed by atoms with Gasteiger partial charge in [-0.05, 0) is 30.7 Å². The second kappa shape index (κ2) is 6.34. The van der Waals surface area contributed by atoms with Crippen molar-refractivity contribution in [2.45, 2.75) is 18.9 Å².